The lowest BCUT2D eigenvalue weighted by atomic mass is 10.2. The van der Waals surface area contributed by atoms with Crippen molar-refractivity contribution in [3.05, 3.63) is 34.6 Å². The number of hydrogen-bond acceptors (Lipinski definition) is 7. The van der Waals surface area contributed by atoms with Crippen molar-refractivity contribution < 1.29 is 19.7 Å². The molecule has 0 spiro atoms. The molecule has 2 rings (SSSR count). The molecule has 8 nitrogen and oxygen atoms in total. The van der Waals surface area contributed by atoms with Crippen molar-refractivity contribution in [2.45, 2.75) is 6.92 Å². The van der Waals surface area contributed by atoms with Crippen LogP contribution in [0.5, 0.6) is 11.5 Å². The van der Waals surface area contributed by atoms with Crippen molar-refractivity contribution in [3.63, 3.8) is 0 Å². The second kappa shape index (κ2) is 8.47. The van der Waals surface area contributed by atoms with Crippen LogP contribution in [0.4, 0.5) is 5.95 Å². The Morgan fingerprint density at radius 1 is 1.41 bits per heavy atom. The molecule has 1 aromatic carbocycles. The lowest BCUT2D eigenvalue weighted by Crippen LogP contribution is -1.98. The molecule has 0 bridgehead atoms. The maximum absolute atomic E-state index is 10.9. The van der Waals surface area contributed by atoms with E-state index in [9.17, 15) is 4.79 Å². The number of nitrogen functional groups attached to an aromatic ring is 1. The van der Waals surface area contributed by atoms with Crippen LogP contribution < -0.4 is 5.73 Å². The molecule has 0 saturated carbocycles. The number of benzene rings is 1. The molecule has 1 heterocycles. The number of hydrogen-bond donors (Lipinski definition) is 5. The van der Waals surface area contributed by atoms with E-state index >= 15 is 0 Å². The third kappa shape index (κ3) is 6.09. The molecule has 118 valence electrons. The minimum atomic E-state index is -0.440. The van der Waals surface area contributed by atoms with Gasteiger partial charge in [-0.05, 0) is 42.9 Å². The van der Waals surface area contributed by atoms with Gasteiger partial charge in [0.15, 0.2) is 11.5 Å². The zero-order chi connectivity index (χ0) is 16.5. The van der Waals surface area contributed by atoms with E-state index in [2.05, 4.69) is 32.1 Å². The summed E-state index contributed by atoms with van der Waals surface area (Å²) in [5, 5.41) is 23.2. The highest BCUT2D eigenvalue weighted by Gasteiger charge is 1.99. The van der Waals surface area contributed by atoms with E-state index in [0.717, 1.165) is 0 Å². The van der Waals surface area contributed by atoms with E-state index in [1.807, 2.05) is 0 Å². The quantitative estimate of drug-likeness (QED) is 0.251. The van der Waals surface area contributed by atoms with Crippen molar-refractivity contribution in [1.29, 1.82) is 0 Å². The predicted octanol–water partition coefficient (Wildman–Crippen LogP) is 1.72. The molecule has 9 heteroatoms. The fourth-order valence-corrected chi connectivity index (χ4v) is 1.43. The average molecular weight is 324 g/mol. The Morgan fingerprint density at radius 3 is 2.59 bits per heavy atom. The summed E-state index contributed by atoms with van der Waals surface area (Å²) in [6.45, 7) is 2.04. The Bertz CT molecular complexity index is 708. The minimum absolute atomic E-state index is 0.191. The zero-order valence-electron chi connectivity index (χ0n) is 11.7. The summed E-state index contributed by atoms with van der Waals surface area (Å²) in [5.41, 5.74) is 5.72. The van der Waals surface area contributed by atoms with Gasteiger partial charge in [-0.2, -0.15) is 4.98 Å². The van der Waals surface area contributed by atoms with Crippen LogP contribution in [0, 0.1) is 4.77 Å². The average Bonchev–Trinajstić information content (AvgIpc) is 2.85. The molecular weight excluding hydrogens is 308 g/mol. The van der Waals surface area contributed by atoms with Crippen LogP contribution >= 0.6 is 12.2 Å². The van der Waals surface area contributed by atoms with Gasteiger partial charge in [-0.25, -0.2) is 4.79 Å². The number of carbonyl (C=O) groups is 1. The maximum Gasteiger partial charge on any atom is 0.330 e. The molecule has 0 aliphatic carbocycles. The molecule has 2 aromatic rings. The van der Waals surface area contributed by atoms with Crippen LogP contribution in [0.1, 0.15) is 12.5 Å². The summed E-state index contributed by atoms with van der Waals surface area (Å²) in [4.78, 5) is 14.5. The number of aromatic nitrogens is 3. The van der Waals surface area contributed by atoms with Crippen LogP contribution in [0.25, 0.3) is 6.08 Å². The molecule has 0 radical (unpaired) electrons. The van der Waals surface area contributed by atoms with Crippen molar-refractivity contribution in [2.24, 2.45) is 0 Å². The minimum Gasteiger partial charge on any atom is -0.504 e. The number of anilines is 1. The Kier molecular flexibility index (Phi) is 6.64. The smallest absolute Gasteiger partial charge is 0.330 e. The Morgan fingerprint density at radius 2 is 2.14 bits per heavy atom. The van der Waals surface area contributed by atoms with Crippen LogP contribution in [-0.4, -0.2) is 38.0 Å². The summed E-state index contributed by atoms with van der Waals surface area (Å²) >= 11 is 4.55. The number of nitrogens with zero attached hydrogens (tertiary/aromatic N) is 1. The fourth-order valence-electron chi connectivity index (χ4n) is 1.28. The van der Waals surface area contributed by atoms with Gasteiger partial charge < -0.3 is 20.7 Å². The second-order valence-corrected chi connectivity index (χ2v) is 4.27. The molecule has 22 heavy (non-hydrogen) atoms. The normalized spacial score (nSPS) is 10.0. The number of aromatic hydroxyl groups is 2. The lowest BCUT2D eigenvalue weighted by molar-refractivity contribution is -0.137. The van der Waals surface area contributed by atoms with E-state index in [0.29, 0.717) is 22.9 Å². The number of esters is 1. The Hall–Kier alpha value is -2.81. The van der Waals surface area contributed by atoms with Gasteiger partial charge >= 0.3 is 5.97 Å². The number of nitrogens with one attached hydrogen (secondary N) is 2. The van der Waals surface area contributed by atoms with E-state index in [4.69, 9.17) is 15.9 Å². The monoisotopic (exact) mass is 324 g/mol. The van der Waals surface area contributed by atoms with Gasteiger partial charge in [-0.3, -0.25) is 10.2 Å². The second-order valence-electron chi connectivity index (χ2n) is 3.89. The van der Waals surface area contributed by atoms with E-state index < -0.39 is 5.97 Å². The first-order chi connectivity index (χ1) is 10.4. The molecule has 0 unspecified atom stereocenters. The summed E-state index contributed by atoms with van der Waals surface area (Å²) < 4.78 is 5.07. The van der Waals surface area contributed by atoms with E-state index in [1.165, 1.54) is 24.3 Å². The lowest BCUT2D eigenvalue weighted by Gasteiger charge is -1.98. The number of phenols is 2. The molecule has 6 N–H and O–H groups in total. The van der Waals surface area contributed by atoms with E-state index in [1.54, 1.807) is 13.0 Å². The summed E-state index contributed by atoms with van der Waals surface area (Å²) in [5.74, 6) is -0.528. The van der Waals surface area contributed by atoms with Crippen LogP contribution in [0.3, 0.4) is 0 Å². The number of carbonyl (C=O) groups excluding carboxylic acids is 1. The standard InChI is InChI=1S/C11H12O4.C2H4N4S/c1-2-15-11(14)6-4-8-3-5-9(12)10(13)7-8;3-1-4-2(7)6-5-1/h3-7,12-13H,2H2,1H3;(H4,3,4,5,6,7)/b6-4+;. The first-order valence-corrected chi connectivity index (χ1v) is 6.60. The first-order valence-electron chi connectivity index (χ1n) is 6.19. The van der Waals surface area contributed by atoms with Crippen molar-refractivity contribution in [3.8, 4) is 11.5 Å². The molecular formula is C13H16N4O4S. The molecule has 0 atom stereocenters. The topological polar surface area (TPSA) is 137 Å². The van der Waals surface area contributed by atoms with E-state index in [-0.39, 0.29) is 11.5 Å². The summed E-state index contributed by atoms with van der Waals surface area (Å²) in [6, 6.07) is 4.27. The Labute approximate surface area is 131 Å². The molecule has 0 aliphatic rings. The number of H-pyrrole nitrogens is 2. The van der Waals surface area contributed by atoms with Gasteiger partial charge in [0.25, 0.3) is 0 Å². The number of rotatable bonds is 3. The fraction of sp³-hybridized carbons (Fsp3) is 0.154. The van der Waals surface area contributed by atoms with Gasteiger partial charge in [-0.1, -0.05) is 6.07 Å². The highest BCUT2D eigenvalue weighted by molar-refractivity contribution is 7.71. The third-order valence-corrected chi connectivity index (χ3v) is 2.41. The highest BCUT2D eigenvalue weighted by Crippen LogP contribution is 2.25. The van der Waals surface area contributed by atoms with Gasteiger partial charge in [0, 0.05) is 6.08 Å². The van der Waals surface area contributed by atoms with Crippen LogP contribution in [0.2, 0.25) is 0 Å². The van der Waals surface area contributed by atoms with Crippen molar-refractivity contribution >= 4 is 30.2 Å². The zero-order valence-corrected chi connectivity index (χ0v) is 12.6. The van der Waals surface area contributed by atoms with Crippen LogP contribution in [-0.2, 0) is 9.53 Å². The molecule has 0 saturated heterocycles. The number of nitrogens with two attached hydrogens (primary N) is 1. The third-order valence-electron chi connectivity index (χ3n) is 2.22. The largest absolute Gasteiger partial charge is 0.504 e. The van der Waals surface area contributed by atoms with Gasteiger partial charge in [0.2, 0.25) is 10.7 Å². The van der Waals surface area contributed by atoms with Crippen molar-refractivity contribution in [1.82, 2.24) is 15.2 Å². The van der Waals surface area contributed by atoms with Gasteiger partial charge in [0.1, 0.15) is 0 Å². The SMILES string of the molecule is CCOC(=O)/C=C/c1ccc(O)c(O)c1.Nc1nc(=S)[nH][nH]1. The summed E-state index contributed by atoms with van der Waals surface area (Å²) in [6.07, 6.45) is 2.76. The molecule has 0 aliphatic heterocycles. The molecule has 0 amide bonds. The Balaban J connectivity index is 0.000000287. The maximum atomic E-state index is 10.9. The number of phenolic OH excluding ortho intramolecular Hbond substituents is 2. The molecule has 0 fully saturated rings. The summed E-state index contributed by atoms with van der Waals surface area (Å²) in [7, 11) is 0. The molecule has 1 aromatic heterocycles. The van der Waals surface area contributed by atoms with Gasteiger partial charge in [0.05, 0.1) is 6.61 Å². The first kappa shape index (κ1) is 17.2. The number of aromatic amines is 2. The van der Waals surface area contributed by atoms with Crippen LogP contribution in [0.15, 0.2) is 24.3 Å². The van der Waals surface area contributed by atoms with Crippen molar-refractivity contribution in [2.75, 3.05) is 12.3 Å². The van der Waals surface area contributed by atoms with Gasteiger partial charge in [-0.15, -0.1) is 0 Å². The predicted molar refractivity (Wildman–Crippen MR) is 83.6 cm³/mol. The highest BCUT2D eigenvalue weighted by atomic mass is 32.1. The number of ether oxygens (including phenoxy) is 1.